The van der Waals surface area contributed by atoms with Gasteiger partial charge in [0.15, 0.2) is 5.60 Å². The SMILES string of the molecule is NC(=O)C1(OC(=O)CCCCCCCCCCCCCCCOc2cccc(O)c2)CC1. The van der Waals surface area contributed by atoms with Crippen molar-refractivity contribution >= 4 is 11.9 Å². The molecule has 2 rings (SSSR count). The number of carbonyl (C=O) groups is 2. The highest BCUT2D eigenvalue weighted by Gasteiger charge is 2.52. The number of benzene rings is 1. The van der Waals surface area contributed by atoms with E-state index >= 15 is 0 Å². The van der Waals surface area contributed by atoms with E-state index in [2.05, 4.69) is 0 Å². The third-order valence-electron chi connectivity index (χ3n) is 6.07. The number of esters is 1. The number of aromatic hydroxyl groups is 1. The van der Waals surface area contributed by atoms with Crippen molar-refractivity contribution in [1.82, 2.24) is 0 Å². The Kier molecular flexibility index (Phi) is 12.0. The lowest BCUT2D eigenvalue weighted by molar-refractivity contribution is -0.157. The van der Waals surface area contributed by atoms with Crippen molar-refractivity contribution < 1.29 is 24.2 Å². The third kappa shape index (κ3) is 10.9. The number of primary amides is 1. The lowest BCUT2D eigenvalue weighted by Gasteiger charge is -2.12. The molecule has 0 atom stereocenters. The summed E-state index contributed by atoms with van der Waals surface area (Å²) >= 11 is 0. The molecule has 0 bridgehead atoms. The molecule has 0 spiro atoms. The van der Waals surface area contributed by atoms with Crippen LogP contribution in [0.3, 0.4) is 0 Å². The second-order valence-corrected chi connectivity index (χ2v) is 9.02. The van der Waals surface area contributed by atoms with Crippen LogP contribution in [-0.4, -0.2) is 29.2 Å². The van der Waals surface area contributed by atoms with Crippen LogP contribution in [0.15, 0.2) is 24.3 Å². The van der Waals surface area contributed by atoms with Crippen LogP contribution in [0.25, 0.3) is 0 Å². The predicted molar refractivity (Wildman–Crippen MR) is 125 cm³/mol. The van der Waals surface area contributed by atoms with E-state index in [-0.39, 0.29) is 11.7 Å². The quantitative estimate of drug-likeness (QED) is 0.206. The molecule has 6 heteroatoms. The summed E-state index contributed by atoms with van der Waals surface area (Å²) in [5.41, 5.74) is 4.29. The minimum atomic E-state index is -0.973. The number of rotatable bonds is 19. The molecular formula is C26H41NO5. The fourth-order valence-electron chi connectivity index (χ4n) is 3.86. The average Bonchev–Trinajstić information content (AvgIpc) is 3.54. The van der Waals surface area contributed by atoms with Crippen molar-refractivity contribution in [2.75, 3.05) is 6.61 Å². The molecule has 32 heavy (non-hydrogen) atoms. The van der Waals surface area contributed by atoms with E-state index in [0.717, 1.165) is 31.4 Å². The van der Waals surface area contributed by atoms with Gasteiger partial charge in [-0.3, -0.25) is 9.59 Å². The summed E-state index contributed by atoms with van der Waals surface area (Å²) in [7, 11) is 0. The monoisotopic (exact) mass is 447 g/mol. The van der Waals surface area contributed by atoms with Gasteiger partial charge in [-0.2, -0.15) is 0 Å². The van der Waals surface area contributed by atoms with Crippen LogP contribution in [0, 0.1) is 0 Å². The first-order chi connectivity index (χ1) is 15.5. The van der Waals surface area contributed by atoms with Gasteiger partial charge in [-0.05, 0) is 25.0 Å². The van der Waals surface area contributed by atoms with Gasteiger partial charge >= 0.3 is 5.97 Å². The summed E-state index contributed by atoms with van der Waals surface area (Å²) in [4.78, 5) is 23.0. The molecule has 6 nitrogen and oxygen atoms in total. The van der Waals surface area contributed by atoms with Gasteiger partial charge in [0.1, 0.15) is 11.5 Å². The summed E-state index contributed by atoms with van der Waals surface area (Å²) in [6.45, 7) is 0.707. The number of hydrogen-bond donors (Lipinski definition) is 2. The summed E-state index contributed by atoms with van der Waals surface area (Å²) < 4.78 is 10.9. The van der Waals surface area contributed by atoms with Crippen molar-refractivity contribution in [2.45, 2.75) is 108 Å². The topological polar surface area (TPSA) is 98.9 Å². The van der Waals surface area contributed by atoms with E-state index < -0.39 is 11.5 Å². The fourth-order valence-corrected chi connectivity index (χ4v) is 3.86. The van der Waals surface area contributed by atoms with E-state index in [9.17, 15) is 14.7 Å². The van der Waals surface area contributed by atoms with Gasteiger partial charge < -0.3 is 20.3 Å². The van der Waals surface area contributed by atoms with Crippen LogP contribution in [0.4, 0.5) is 0 Å². The van der Waals surface area contributed by atoms with Crippen LogP contribution >= 0.6 is 0 Å². The number of carbonyl (C=O) groups excluding carboxylic acids is 2. The maximum atomic E-state index is 11.8. The van der Waals surface area contributed by atoms with Crippen LogP contribution in [-0.2, 0) is 14.3 Å². The number of unbranched alkanes of at least 4 members (excludes halogenated alkanes) is 12. The molecule has 1 aromatic carbocycles. The molecule has 1 amide bonds. The minimum Gasteiger partial charge on any atom is -0.508 e. The molecule has 1 saturated carbocycles. The molecule has 1 aliphatic rings. The predicted octanol–water partition coefficient (Wildman–Crippen LogP) is 5.79. The molecule has 0 heterocycles. The van der Waals surface area contributed by atoms with Crippen molar-refractivity contribution in [3.8, 4) is 11.5 Å². The second kappa shape index (κ2) is 14.8. The zero-order valence-electron chi connectivity index (χ0n) is 19.5. The standard InChI is InChI=1S/C26H41NO5/c27-25(30)26(18-19-26)32-24(29)17-12-10-8-6-4-2-1-3-5-7-9-11-13-20-31-23-16-14-15-22(28)21-23/h14-16,21,28H,1-13,17-20H2,(H2,27,30). The van der Waals surface area contributed by atoms with Crippen molar-refractivity contribution in [2.24, 2.45) is 5.73 Å². The molecule has 0 aromatic heterocycles. The Hall–Kier alpha value is -2.24. The third-order valence-corrected chi connectivity index (χ3v) is 6.07. The van der Waals surface area contributed by atoms with Gasteiger partial charge in [0.25, 0.3) is 5.91 Å². The van der Waals surface area contributed by atoms with Gasteiger partial charge in [0.2, 0.25) is 0 Å². The molecule has 1 aromatic rings. The summed E-state index contributed by atoms with van der Waals surface area (Å²) in [6, 6.07) is 6.95. The van der Waals surface area contributed by atoms with E-state index in [1.807, 2.05) is 6.07 Å². The minimum absolute atomic E-state index is 0.244. The van der Waals surface area contributed by atoms with Crippen molar-refractivity contribution in [3.05, 3.63) is 24.3 Å². The summed E-state index contributed by atoms with van der Waals surface area (Å²) in [5.74, 6) is 0.181. The van der Waals surface area contributed by atoms with Crippen LogP contribution in [0.5, 0.6) is 11.5 Å². The summed E-state index contributed by atoms with van der Waals surface area (Å²) in [5, 5.41) is 9.40. The zero-order valence-corrected chi connectivity index (χ0v) is 19.5. The molecule has 3 N–H and O–H groups in total. The Bertz CT molecular complexity index is 687. The highest BCUT2D eigenvalue weighted by atomic mass is 16.6. The van der Waals surface area contributed by atoms with E-state index in [1.165, 1.54) is 57.8 Å². The number of phenolic OH excluding ortho intramolecular Hbond substituents is 1. The molecule has 0 saturated heterocycles. The number of ether oxygens (including phenoxy) is 2. The Balaban J connectivity index is 1.27. The normalized spacial score (nSPS) is 14.1. The first-order valence-corrected chi connectivity index (χ1v) is 12.5. The molecular weight excluding hydrogens is 406 g/mol. The van der Waals surface area contributed by atoms with Crippen LogP contribution in [0.2, 0.25) is 0 Å². The van der Waals surface area contributed by atoms with Gasteiger partial charge in [0, 0.05) is 25.3 Å². The first-order valence-electron chi connectivity index (χ1n) is 12.5. The molecule has 0 aliphatic heterocycles. The highest BCUT2D eigenvalue weighted by molar-refractivity contribution is 5.89. The Morgan fingerprint density at radius 1 is 0.844 bits per heavy atom. The smallest absolute Gasteiger partial charge is 0.306 e. The maximum Gasteiger partial charge on any atom is 0.306 e. The maximum absolute atomic E-state index is 11.8. The molecule has 0 unspecified atom stereocenters. The fraction of sp³-hybridized carbons (Fsp3) is 0.692. The lowest BCUT2D eigenvalue weighted by Crippen LogP contribution is -2.35. The van der Waals surface area contributed by atoms with E-state index in [0.29, 0.717) is 25.9 Å². The van der Waals surface area contributed by atoms with Gasteiger partial charge in [0.05, 0.1) is 6.61 Å². The molecule has 1 fully saturated rings. The van der Waals surface area contributed by atoms with E-state index in [1.54, 1.807) is 18.2 Å². The number of hydrogen-bond acceptors (Lipinski definition) is 5. The second-order valence-electron chi connectivity index (χ2n) is 9.02. The largest absolute Gasteiger partial charge is 0.508 e. The highest BCUT2D eigenvalue weighted by Crippen LogP contribution is 2.39. The Morgan fingerprint density at radius 2 is 1.38 bits per heavy atom. The van der Waals surface area contributed by atoms with Gasteiger partial charge in [-0.25, -0.2) is 0 Å². The van der Waals surface area contributed by atoms with Crippen LogP contribution in [0.1, 0.15) is 103 Å². The van der Waals surface area contributed by atoms with Gasteiger partial charge in [-0.15, -0.1) is 0 Å². The molecule has 1 aliphatic carbocycles. The first kappa shape index (κ1) is 26.0. The molecule has 180 valence electrons. The summed E-state index contributed by atoms with van der Waals surface area (Å²) in [6.07, 6.45) is 17.0. The Labute approximate surface area is 192 Å². The van der Waals surface area contributed by atoms with Crippen molar-refractivity contribution in [3.63, 3.8) is 0 Å². The number of amides is 1. The van der Waals surface area contributed by atoms with Gasteiger partial charge in [-0.1, -0.05) is 76.7 Å². The van der Waals surface area contributed by atoms with E-state index in [4.69, 9.17) is 15.2 Å². The van der Waals surface area contributed by atoms with Crippen molar-refractivity contribution in [1.29, 1.82) is 0 Å². The van der Waals surface area contributed by atoms with Crippen LogP contribution < -0.4 is 10.5 Å². The Morgan fingerprint density at radius 3 is 1.88 bits per heavy atom. The number of nitrogens with two attached hydrogens (primary N) is 1. The number of phenols is 1. The molecule has 0 radical (unpaired) electrons. The average molecular weight is 448 g/mol. The lowest BCUT2D eigenvalue weighted by atomic mass is 10.0. The zero-order chi connectivity index (χ0) is 23.1.